The zero-order valence-electron chi connectivity index (χ0n) is 7.61. The molecule has 0 aliphatic carbocycles. The van der Waals surface area contributed by atoms with Gasteiger partial charge in [-0.3, -0.25) is 4.68 Å². The number of hydrogen-bond acceptors (Lipinski definition) is 3. The van der Waals surface area contributed by atoms with Gasteiger partial charge < -0.3 is 5.73 Å². The highest BCUT2D eigenvalue weighted by atomic mass is 79.9. The lowest BCUT2D eigenvalue weighted by Gasteiger charge is -2.01. The third kappa shape index (κ3) is 1.63. The number of aryl methyl sites for hydroxylation is 1. The first-order valence-electron chi connectivity index (χ1n) is 4.07. The van der Waals surface area contributed by atoms with Crippen LogP contribution in [-0.2, 0) is 7.05 Å². The fraction of sp³-hybridized carbons (Fsp3) is 0.111. The van der Waals surface area contributed by atoms with E-state index in [4.69, 9.17) is 5.73 Å². The maximum absolute atomic E-state index is 5.86. The van der Waals surface area contributed by atoms with Crippen molar-refractivity contribution in [2.75, 3.05) is 5.73 Å². The topological polar surface area (TPSA) is 56.7 Å². The van der Waals surface area contributed by atoms with Gasteiger partial charge in [-0.15, -0.1) is 0 Å². The molecule has 2 N–H and O–H groups in total. The Morgan fingerprint density at radius 1 is 1.43 bits per heavy atom. The van der Waals surface area contributed by atoms with Crippen molar-refractivity contribution >= 4 is 21.6 Å². The zero-order chi connectivity index (χ0) is 10.1. The first-order chi connectivity index (χ1) is 6.66. The van der Waals surface area contributed by atoms with Crippen LogP contribution in [0.1, 0.15) is 0 Å². The van der Waals surface area contributed by atoms with Gasteiger partial charge in [0.15, 0.2) is 0 Å². The van der Waals surface area contributed by atoms with Crippen LogP contribution in [0.4, 0.5) is 5.69 Å². The molecule has 0 aliphatic heterocycles. The molecule has 4 nitrogen and oxygen atoms in total. The predicted octanol–water partition coefficient (Wildman–Crippen LogP) is 1.83. The smallest absolute Gasteiger partial charge is 0.108 e. The zero-order valence-corrected chi connectivity index (χ0v) is 9.19. The van der Waals surface area contributed by atoms with Crippen LogP contribution in [0.2, 0.25) is 0 Å². The summed E-state index contributed by atoms with van der Waals surface area (Å²) in [4.78, 5) is 4.13. The van der Waals surface area contributed by atoms with E-state index >= 15 is 0 Å². The number of nitrogens with two attached hydrogens (primary N) is 1. The van der Waals surface area contributed by atoms with Crippen molar-refractivity contribution in [3.05, 3.63) is 29.3 Å². The Labute approximate surface area is 89.9 Å². The van der Waals surface area contributed by atoms with Crippen molar-refractivity contribution < 1.29 is 0 Å². The van der Waals surface area contributed by atoms with E-state index < -0.39 is 0 Å². The minimum Gasteiger partial charge on any atom is -0.398 e. The predicted molar refractivity (Wildman–Crippen MR) is 58.6 cm³/mol. The van der Waals surface area contributed by atoms with E-state index in [2.05, 4.69) is 26.0 Å². The number of hydrogen-bond donors (Lipinski definition) is 1. The van der Waals surface area contributed by atoms with Crippen molar-refractivity contribution in [1.29, 1.82) is 0 Å². The molecule has 2 aromatic heterocycles. The average Bonchev–Trinajstić information content (AvgIpc) is 2.51. The van der Waals surface area contributed by atoms with Gasteiger partial charge >= 0.3 is 0 Å². The Kier molecular flexibility index (Phi) is 2.25. The van der Waals surface area contributed by atoms with E-state index in [1.165, 1.54) is 0 Å². The standard InChI is InChI=1S/C9H9BrN4/c1-14-5-6(3-13-14)7-4-12-9(10)2-8(7)11/h2-5H,1H3,(H2,11,12). The van der Waals surface area contributed by atoms with Gasteiger partial charge in [0.25, 0.3) is 0 Å². The van der Waals surface area contributed by atoms with Crippen LogP contribution < -0.4 is 5.73 Å². The van der Waals surface area contributed by atoms with Crippen molar-refractivity contribution in [3.63, 3.8) is 0 Å². The number of anilines is 1. The summed E-state index contributed by atoms with van der Waals surface area (Å²) in [6.07, 6.45) is 5.40. The van der Waals surface area contributed by atoms with Crippen molar-refractivity contribution in [2.45, 2.75) is 0 Å². The minimum absolute atomic E-state index is 0.694. The van der Waals surface area contributed by atoms with Crippen LogP contribution >= 0.6 is 15.9 Å². The van der Waals surface area contributed by atoms with Crippen molar-refractivity contribution in [1.82, 2.24) is 14.8 Å². The summed E-state index contributed by atoms with van der Waals surface area (Å²) in [5.74, 6) is 0. The molecule has 0 aromatic carbocycles. The fourth-order valence-electron chi connectivity index (χ4n) is 1.25. The van der Waals surface area contributed by atoms with Gasteiger partial charge in [0.2, 0.25) is 0 Å². The fourth-order valence-corrected chi connectivity index (χ4v) is 1.59. The third-order valence-electron chi connectivity index (χ3n) is 1.92. The number of rotatable bonds is 1. The molecule has 0 saturated carbocycles. The first kappa shape index (κ1) is 9.21. The molecule has 14 heavy (non-hydrogen) atoms. The van der Waals surface area contributed by atoms with E-state index in [9.17, 15) is 0 Å². The maximum Gasteiger partial charge on any atom is 0.108 e. The van der Waals surface area contributed by atoms with E-state index in [1.54, 1.807) is 23.1 Å². The van der Waals surface area contributed by atoms with Gasteiger partial charge in [-0.25, -0.2) is 4.98 Å². The van der Waals surface area contributed by atoms with Gasteiger partial charge in [0.1, 0.15) is 4.60 Å². The van der Waals surface area contributed by atoms with Gasteiger partial charge in [-0.2, -0.15) is 5.10 Å². The Morgan fingerprint density at radius 2 is 2.21 bits per heavy atom. The molecule has 0 fully saturated rings. The van der Waals surface area contributed by atoms with Crippen LogP contribution in [0.25, 0.3) is 11.1 Å². The lowest BCUT2D eigenvalue weighted by atomic mass is 10.1. The van der Waals surface area contributed by atoms with E-state index in [0.717, 1.165) is 15.7 Å². The molecule has 0 unspecified atom stereocenters. The lowest BCUT2D eigenvalue weighted by molar-refractivity contribution is 0.768. The molecule has 0 atom stereocenters. The molecular weight excluding hydrogens is 244 g/mol. The van der Waals surface area contributed by atoms with Gasteiger partial charge in [-0.1, -0.05) is 0 Å². The molecule has 72 valence electrons. The minimum atomic E-state index is 0.694. The molecule has 5 heteroatoms. The Balaban J connectivity index is 2.52. The van der Waals surface area contributed by atoms with Crippen LogP contribution in [0.3, 0.4) is 0 Å². The van der Waals surface area contributed by atoms with Crippen LogP contribution in [-0.4, -0.2) is 14.8 Å². The summed E-state index contributed by atoms with van der Waals surface area (Å²) in [6.45, 7) is 0. The molecule has 0 aliphatic rings. The van der Waals surface area contributed by atoms with Crippen LogP contribution in [0.5, 0.6) is 0 Å². The molecule has 0 amide bonds. The second-order valence-electron chi connectivity index (χ2n) is 3.00. The first-order valence-corrected chi connectivity index (χ1v) is 4.86. The second kappa shape index (κ2) is 3.42. The van der Waals surface area contributed by atoms with E-state index in [-0.39, 0.29) is 0 Å². The quantitative estimate of drug-likeness (QED) is 0.789. The van der Waals surface area contributed by atoms with Gasteiger partial charge in [0, 0.05) is 36.3 Å². The molecule has 2 aromatic rings. The third-order valence-corrected chi connectivity index (χ3v) is 2.35. The van der Waals surface area contributed by atoms with E-state index in [0.29, 0.717) is 5.69 Å². The van der Waals surface area contributed by atoms with Crippen molar-refractivity contribution in [2.24, 2.45) is 7.05 Å². The largest absolute Gasteiger partial charge is 0.398 e. The molecule has 0 bridgehead atoms. The Morgan fingerprint density at radius 3 is 2.79 bits per heavy atom. The summed E-state index contributed by atoms with van der Waals surface area (Å²) >= 11 is 3.26. The number of halogens is 1. The highest BCUT2D eigenvalue weighted by molar-refractivity contribution is 9.10. The highest BCUT2D eigenvalue weighted by Gasteiger charge is 2.05. The number of nitrogens with zero attached hydrogens (tertiary/aromatic N) is 3. The molecule has 0 saturated heterocycles. The SMILES string of the molecule is Cn1cc(-c2cnc(Br)cc2N)cn1. The number of nitrogen functional groups attached to an aromatic ring is 1. The molecule has 2 rings (SSSR count). The maximum atomic E-state index is 5.86. The Hall–Kier alpha value is -1.36. The number of pyridine rings is 1. The second-order valence-corrected chi connectivity index (χ2v) is 3.81. The van der Waals surface area contributed by atoms with Crippen molar-refractivity contribution in [3.8, 4) is 11.1 Å². The molecule has 0 spiro atoms. The lowest BCUT2D eigenvalue weighted by Crippen LogP contribution is -1.91. The summed E-state index contributed by atoms with van der Waals surface area (Å²) in [6, 6.07) is 1.78. The molecule has 2 heterocycles. The van der Waals surface area contributed by atoms with Gasteiger partial charge in [-0.05, 0) is 22.0 Å². The monoisotopic (exact) mass is 252 g/mol. The van der Waals surface area contributed by atoms with Crippen LogP contribution in [0.15, 0.2) is 29.3 Å². The van der Waals surface area contributed by atoms with Gasteiger partial charge in [0.05, 0.1) is 6.20 Å². The summed E-state index contributed by atoms with van der Waals surface area (Å²) in [5, 5.41) is 4.08. The summed E-state index contributed by atoms with van der Waals surface area (Å²) in [7, 11) is 1.87. The highest BCUT2D eigenvalue weighted by Crippen LogP contribution is 2.25. The summed E-state index contributed by atoms with van der Waals surface area (Å²) < 4.78 is 2.47. The average molecular weight is 253 g/mol. The van der Waals surface area contributed by atoms with E-state index in [1.807, 2.05) is 13.2 Å². The molecular formula is C9H9BrN4. The summed E-state index contributed by atoms with van der Waals surface area (Å²) in [5.41, 5.74) is 8.43. The molecule has 0 radical (unpaired) electrons. The van der Waals surface area contributed by atoms with Crippen LogP contribution in [0, 0.1) is 0 Å². The number of aromatic nitrogens is 3. The normalized spacial score (nSPS) is 10.4. The Bertz CT molecular complexity index is 464.